The number of carbonyl (C=O) groups excluding carboxylic acids is 1. The molecule has 0 spiro atoms. The van der Waals surface area contributed by atoms with Crippen LogP contribution < -0.4 is 5.32 Å². The van der Waals surface area contributed by atoms with Crippen molar-refractivity contribution in [2.75, 3.05) is 25.4 Å². The Kier molecular flexibility index (Phi) is 6.48. The molecular weight excluding hydrogens is 312 g/mol. The molecule has 0 aromatic heterocycles. The second kappa shape index (κ2) is 7.97. The molecule has 1 saturated heterocycles. The number of piperidine rings is 1. The summed E-state index contributed by atoms with van der Waals surface area (Å²) in [5, 5.41) is 2.58. The number of sulfone groups is 1. The SMILES string of the molecule is C[C@@H]1C[C@@H](C)CN(C[C@@H](C)NC(=O)CS(=O)(=O)C2CCCC2)C1. The van der Waals surface area contributed by atoms with Crippen molar-refractivity contribution in [1.29, 1.82) is 0 Å². The predicted molar refractivity (Wildman–Crippen MR) is 93.0 cm³/mol. The summed E-state index contributed by atoms with van der Waals surface area (Å²) < 4.78 is 24.5. The highest BCUT2D eigenvalue weighted by Crippen LogP contribution is 2.25. The molecule has 134 valence electrons. The Hall–Kier alpha value is -0.620. The maximum atomic E-state index is 12.2. The van der Waals surface area contributed by atoms with Crippen molar-refractivity contribution >= 4 is 15.7 Å². The molecule has 0 aromatic rings. The van der Waals surface area contributed by atoms with Crippen LogP contribution in [0.5, 0.6) is 0 Å². The van der Waals surface area contributed by atoms with E-state index in [-0.39, 0.29) is 23.0 Å². The lowest BCUT2D eigenvalue weighted by Gasteiger charge is -2.36. The average molecular weight is 345 g/mol. The molecule has 0 radical (unpaired) electrons. The van der Waals surface area contributed by atoms with Crippen molar-refractivity contribution in [2.45, 2.75) is 64.2 Å². The number of nitrogens with one attached hydrogen (secondary N) is 1. The molecule has 1 aliphatic heterocycles. The van der Waals surface area contributed by atoms with Gasteiger partial charge >= 0.3 is 0 Å². The minimum Gasteiger partial charge on any atom is -0.351 e. The van der Waals surface area contributed by atoms with Gasteiger partial charge in [0, 0.05) is 25.7 Å². The molecule has 1 N–H and O–H groups in total. The van der Waals surface area contributed by atoms with Gasteiger partial charge < -0.3 is 10.2 Å². The van der Waals surface area contributed by atoms with Crippen LogP contribution in [0.2, 0.25) is 0 Å². The molecule has 3 atom stereocenters. The highest BCUT2D eigenvalue weighted by Gasteiger charge is 2.31. The van der Waals surface area contributed by atoms with E-state index in [1.165, 1.54) is 6.42 Å². The van der Waals surface area contributed by atoms with Gasteiger partial charge in [-0.15, -0.1) is 0 Å². The second-order valence-corrected chi connectivity index (χ2v) is 10.1. The van der Waals surface area contributed by atoms with Gasteiger partial charge in [0.25, 0.3) is 0 Å². The van der Waals surface area contributed by atoms with Gasteiger partial charge in [-0.1, -0.05) is 26.7 Å². The zero-order valence-corrected chi connectivity index (χ0v) is 15.6. The Morgan fingerprint density at radius 1 is 1.17 bits per heavy atom. The van der Waals surface area contributed by atoms with E-state index in [4.69, 9.17) is 0 Å². The number of likely N-dealkylation sites (tertiary alicyclic amines) is 1. The quantitative estimate of drug-likeness (QED) is 0.798. The number of carbonyl (C=O) groups is 1. The lowest BCUT2D eigenvalue weighted by molar-refractivity contribution is -0.119. The molecule has 2 fully saturated rings. The topological polar surface area (TPSA) is 66.5 Å². The van der Waals surface area contributed by atoms with E-state index in [1.807, 2.05) is 6.92 Å². The summed E-state index contributed by atoms with van der Waals surface area (Å²) in [7, 11) is -3.28. The van der Waals surface area contributed by atoms with Crippen molar-refractivity contribution in [3.05, 3.63) is 0 Å². The predicted octanol–water partition coefficient (Wildman–Crippen LogP) is 1.83. The standard InChI is InChI=1S/C17H32N2O3S/c1-13-8-14(2)10-19(9-13)11-15(3)18-17(20)12-23(21,22)16-6-4-5-7-16/h13-16H,4-12H2,1-3H3,(H,18,20)/t13-,14-,15-/m1/s1. The van der Waals surface area contributed by atoms with E-state index in [0.29, 0.717) is 24.7 Å². The molecule has 23 heavy (non-hydrogen) atoms. The van der Waals surface area contributed by atoms with Crippen LogP contribution >= 0.6 is 0 Å². The van der Waals surface area contributed by atoms with Crippen molar-refractivity contribution in [2.24, 2.45) is 11.8 Å². The van der Waals surface area contributed by atoms with Gasteiger partial charge in [-0.2, -0.15) is 0 Å². The molecule has 1 aliphatic carbocycles. The lowest BCUT2D eigenvalue weighted by atomic mass is 9.92. The fourth-order valence-corrected chi connectivity index (χ4v) is 5.97. The van der Waals surface area contributed by atoms with Gasteiger partial charge in [0.2, 0.25) is 5.91 Å². The summed E-state index contributed by atoms with van der Waals surface area (Å²) in [6, 6.07) is -0.0150. The van der Waals surface area contributed by atoms with Crippen molar-refractivity contribution in [1.82, 2.24) is 10.2 Å². The first-order valence-electron chi connectivity index (χ1n) is 8.99. The fourth-order valence-electron chi connectivity index (χ4n) is 4.24. The first-order valence-corrected chi connectivity index (χ1v) is 10.7. The average Bonchev–Trinajstić information content (AvgIpc) is 2.90. The van der Waals surface area contributed by atoms with Crippen LogP contribution in [-0.2, 0) is 14.6 Å². The zero-order valence-electron chi connectivity index (χ0n) is 14.8. The third-order valence-electron chi connectivity index (χ3n) is 5.03. The molecule has 2 rings (SSSR count). The van der Waals surface area contributed by atoms with Gasteiger partial charge in [0.05, 0.1) is 5.25 Å². The summed E-state index contributed by atoms with van der Waals surface area (Å²) in [6.07, 6.45) is 4.63. The highest BCUT2D eigenvalue weighted by atomic mass is 32.2. The molecule has 0 bridgehead atoms. The van der Waals surface area contributed by atoms with Gasteiger partial charge in [0.15, 0.2) is 9.84 Å². The van der Waals surface area contributed by atoms with Crippen LogP contribution in [-0.4, -0.2) is 55.9 Å². The summed E-state index contributed by atoms with van der Waals surface area (Å²) in [6.45, 7) is 9.41. The van der Waals surface area contributed by atoms with Crippen LogP contribution in [0.4, 0.5) is 0 Å². The number of rotatable bonds is 6. The van der Waals surface area contributed by atoms with Crippen molar-refractivity contribution in [3.8, 4) is 0 Å². The molecule has 5 nitrogen and oxygen atoms in total. The lowest BCUT2D eigenvalue weighted by Crippen LogP contribution is -2.48. The maximum Gasteiger partial charge on any atom is 0.235 e. The molecule has 1 amide bonds. The van der Waals surface area contributed by atoms with E-state index in [2.05, 4.69) is 24.1 Å². The fraction of sp³-hybridized carbons (Fsp3) is 0.941. The van der Waals surface area contributed by atoms with Crippen LogP contribution in [0.3, 0.4) is 0 Å². The number of hydrogen-bond acceptors (Lipinski definition) is 4. The van der Waals surface area contributed by atoms with Crippen molar-refractivity contribution < 1.29 is 13.2 Å². The molecule has 1 heterocycles. The molecular formula is C17H32N2O3S. The Morgan fingerprint density at radius 2 is 1.74 bits per heavy atom. The summed E-state index contributed by atoms with van der Waals surface area (Å²) in [5.41, 5.74) is 0. The number of hydrogen-bond donors (Lipinski definition) is 1. The van der Waals surface area contributed by atoms with E-state index in [1.54, 1.807) is 0 Å². The molecule has 6 heteroatoms. The van der Waals surface area contributed by atoms with Crippen LogP contribution in [0.15, 0.2) is 0 Å². The Balaban J connectivity index is 1.78. The first kappa shape index (κ1) is 18.7. The largest absolute Gasteiger partial charge is 0.351 e. The maximum absolute atomic E-state index is 12.2. The highest BCUT2D eigenvalue weighted by molar-refractivity contribution is 7.92. The van der Waals surface area contributed by atoms with Crippen LogP contribution in [0, 0.1) is 11.8 Å². The Bertz CT molecular complexity index is 490. The van der Waals surface area contributed by atoms with Gasteiger partial charge in [-0.25, -0.2) is 8.42 Å². The minimum atomic E-state index is -3.28. The second-order valence-electron chi connectivity index (χ2n) is 7.85. The monoisotopic (exact) mass is 344 g/mol. The minimum absolute atomic E-state index is 0.0150. The summed E-state index contributed by atoms with van der Waals surface area (Å²) in [5.74, 6) is 0.672. The molecule has 0 aromatic carbocycles. The third-order valence-corrected chi connectivity index (χ3v) is 7.18. The van der Waals surface area contributed by atoms with Crippen molar-refractivity contribution in [3.63, 3.8) is 0 Å². The van der Waals surface area contributed by atoms with E-state index in [9.17, 15) is 13.2 Å². The molecule has 1 saturated carbocycles. The van der Waals surface area contributed by atoms with E-state index in [0.717, 1.165) is 32.5 Å². The zero-order chi connectivity index (χ0) is 17.0. The van der Waals surface area contributed by atoms with Crippen LogP contribution in [0.25, 0.3) is 0 Å². The molecule has 2 aliphatic rings. The van der Waals surface area contributed by atoms with Gasteiger partial charge in [-0.3, -0.25) is 4.79 Å². The Morgan fingerprint density at radius 3 is 2.30 bits per heavy atom. The van der Waals surface area contributed by atoms with E-state index >= 15 is 0 Å². The smallest absolute Gasteiger partial charge is 0.235 e. The number of amides is 1. The summed E-state index contributed by atoms with van der Waals surface area (Å²) >= 11 is 0. The first-order chi connectivity index (χ1) is 10.8. The van der Waals surface area contributed by atoms with Gasteiger partial charge in [0.1, 0.15) is 5.75 Å². The Labute approximate surface area is 141 Å². The summed E-state index contributed by atoms with van der Waals surface area (Å²) in [4.78, 5) is 14.5. The van der Waals surface area contributed by atoms with E-state index < -0.39 is 9.84 Å². The van der Waals surface area contributed by atoms with Gasteiger partial charge in [-0.05, 0) is 38.0 Å². The normalized spacial score (nSPS) is 28.7. The van der Waals surface area contributed by atoms with Crippen LogP contribution in [0.1, 0.15) is 52.9 Å². The third kappa shape index (κ3) is 5.75. The number of nitrogens with zero attached hydrogens (tertiary/aromatic N) is 1. The molecule has 0 unspecified atom stereocenters.